The summed E-state index contributed by atoms with van der Waals surface area (Å²) in [6.07, 6.45) is 1.11. The van der Waals surface area contributed by atoms with Crippen LogP contribution in [0.2, 0.25) is 0 Å². The van der Waals surface area contributed by atoms with Crippen molar-refractivity contribution in [1.82, 2.24) is 14.9 Å². The van der Waals surface area contributed by atoms with Crippen molar-refractivity contribution in [2.75, 3.05) is 13.2 Å². The molecule has 1 aromatic rings. The van der Waals surface area contributed by atoms with Gasteiger partial charge in [0.25, 0.3) is 10.0 Å². The number of aromatic amines is 1. The summed E-state index contributed by atoms with van der Waals surface area (Å²) in [7, 11) is -3.85. The third-order valence-corrected chi connectivity index (χ3v) is 3.36. The lowest BCUT2D eigenvalue weighted by atomic mass is 10.4. The van der Waals surface area contributed by atoms with Crippen LogP contribution in [-0.2, 0) is 14.8 Å². The fourth-order valence-electron chi connectivity index (χ4n) is 1.15. The van der Waals surface area contributed by atoms with E-state index in [9.17, 15) is 13.2 Å². The van der Waals surface area contributed by atoms with E-state index >= 15 is 0 Å². The van der Waals surface area contributed by atoms with Gasteiger partial charge in [0.1, 0.15) is 5.56 Å². The summed E-state index contributed by atoms with van der Waals surface area (Å²) in [4.78, 5) is 11.5. The molecule has 0 aliphatic heterocycles. The molecule has 1 atom stereocenters. The van der Waals surface area contributed by atoms with Crippen molar-refractivity contribution in [2.24, 2.45) is 5.73 Å². The molecule has 4 N–H and O–H groups in total. The van der Waals surface area contributed by atoms with Gasteiger partial charge in [0, 0.05) is 12.6 Å². The van der Waals surface area contributed by atoms with Crippen molar-refractivity contribution < 1.29 is 17.9 Å². The number of aromatic nitrogens is 2. The highest BCUT2D eigenvalue weighted by atomic mass is 32.2. The maximum atomic E-state index is 11.9. The number of nitrogens with zero attached hydrogens (tertiary/aromatic N) is 1. The highest BCUT2D eigenvalue weighted by molar-refractivity contribution is 7.89. The van der Waals surface area contributed by atoms with Crippen LogP contribution in [0.1, 0.15) is 24.2 Å². The van der Waals surface area contributed by atoms with E-state index in [2.05, 4.69) is 14.9 Å². The Morgan fingerprint density at radius 2 is 2.33 bits per heavy atom. The fourth-order valence-corrected chi connectivity index (χ4v) is 2.37. The average Bonchev–Trinajstić information content (AvgIpc) is 2.76. The summed E-state index contributed by atoms with van der Waals surface area (Å²) in [5.74, 6) is -0.743. The van der Waals surface area contributed by atoms with E-state index in [-0.39, 0.29) is 29.8 Å². The Morgan fingerprint density at radius 1 is 1.67 bits per heavy atom. The minimum Gasteiger partial charge on any atom is -0.462 e. The largest absolute Gasteiger partial charge is 0.462 e. The second-order valence-corrected chi connectivity index (χ2v) is 5.37. The molecule has 0 saturated carbocycles. The molecule has 0 radical (unpaired) electrons. The van der Waals surface area contributed by atoms with Crippen molar-refractivity contribution in [3.05, 3.63) is 11.8 Å². The van der Waals surface area contributed by atoms with Crippen LogP contribution >= 0.6 is 0 Å². The summed E-state index contributed by atoms with van der Waals surface area (Å²) in [5, 5.41) is 5.49. The number of nitrogens with two attached hydrogens (primary N) is 1. The first kappa shape index (κ1) is 14.6. The van der Waals surface area contributed by atoms with Crippen LogP contribution in [0.5, 0.6) is 0 Å². The molecule has 102 valence electrons. The normalized spacial score (nSPS) is 13.3. The van der Waals surface area contributed by atoms with Crippen molar-refractivity contribution in [3.8, 4) is 0 Å². The van der Waals surface area contributed by atoms with E-state index in [1.807, 2.05) is 0 Å². The van der Waals surface area contributed by atoms with Gasteiger partial charge in [-0.25, -0.2) is 17.9 Å². The van der Waals surface area contributed by atoms with Crippen LogP contribution in [-0.4, -0.2) is 43.8 Å². The molecule has 9 heteroatoms. The number of ether oxygens (including phenoxy) is 1. The van der Waals surface area contributed by atoms with Crippen molar-refractivity contribution in [3.63, 3.8) is 0 Å². The van der Waals surface area contributed by atoms with Crippen LogP contribution in [0, 0.1) is 0 Å². The topological polar surface area (TPSA) is 127 Å². The van der Waals surface area contributed by atoms with Crippen LogP contribution < -0.4 is 10.5 Å². The van der Waals surface area contributed by atoms with Gasteiger partial charge < -0.3 is 10.5 Å². The number of hydrogen-bond donors (Lipinski definition) is 3. The minimum atomic E-state index is -3.85. The Bertz CT molecular complexity index is 508. The van der Waals surface area contributed by atoms with E-state index in [0.717, 1.165) is 6.20 Å². The summed E-state index contributed by atoms with van der Waals surface area (Å²) in [5.41, 5.74) is 5.32. The van der Waals surface area contributed by atoms with E-state index in [1.54, 1.807) is 13.8 Å². The van der Waals surface area contributed by atoms with Gasteiger partial charge in [-0.1, -0.05) is 0 Å². The first-order valence-corrected chi connectivity index (χ1v) is 6.82. The third-order valence-electron chi connectivity index (χ3n) is 1.96. The molecule has 1 unspecified atom stereocenters. The fraction of sp³-hybridized carbons (Fsp3) is 0.556. The zero-order chi connectivity index (χ0) is 13.8. The zero-order valence-electron chi connectivity index (χ0n) is 10.1. The van der Waals surface area contributed by atoms with E-state index in [1.165, 1.54) is 0 Å². The summed E-state index contributed by atoms with van der Waals surface area (Å²) in [6, 6.07) is -0.339. The Labute approximate surface area is 105 Å². The number of H-pyrrole nitrogens is 1. The number of hydrogen-bond acceptors (Lipinski definition) is 6. The smallest absolute Gasteiger partial charge is 0.342 e. The first-order chi connectivity index (χ1) is 8.38. The Morgan fingerprint density at radius 3 is 2.89 bits per heavy atom. The molecule has 18 heavy (non-hydrogen) atoms. The Kier molecular flexibility index (Phi) is 4.82. The molecule has 1 rings (SSSR count). The highest BCUT2D eigenvalue weighted by Gasteiger charge is 2.25. The van der Waals surface area contributed by atoms with Crippen LogP contribution in [0.3, 0.4) is 0 Å². The minimum absolute atomic E-state index is 0.0591. The third kappa shape index (κ3) is 3.52. The molecular formula is C9H16N4O4S. The molecule has 0 aliphatic rings. The monoisotopic (exact) mass is 276 g/mol. The lowest BCUT2D eigenvalue weighted by Gasteiger charge is -2.08. The first-order valence-electron chi connectivity index (χ1n) is 5.34. The molecule has 0 saturated heterocycles. The second kappa shape index (κ2) is 5.94. The number of esters is 1. The second-order valence-electron chi connectivity index (χ2n) is 3.66. The summed E-state index contributed by atoms with van der Waals surface area (Å²) >= 11 is 0. The van der Waals surface area contributed by atoms with Crippen LogP contribution in [0.4, 0.5) is 0 Å². The zero-order valence-corrected chi connectivity index (χ0v) is 11.0. The van der Waals surface area contributed by atoms with Crippen molar-refractivity contribution in [1.29, 1.82) is 0 Å². The predicted molar refractivity (Wildman–Crippen MR) is 63.4 cm³/mol. The van der Waals surface area contributed by atoms with Gasteiger partial charge in [-0.15, -0.1) is 0 Å². The lowest BCUT2D eigenvalue weighted by molar-refractivity contribution is 0.0522. The van der Waals surface area contributed by atoms with Crippen molar-refractivity contribution >= 4 is 16.0 Å². The van der Waals surface area contributed by atoms with Gasteiger partial charge in [0.2, 0.25) is 0 Å². The number of carbonyl (C=O) groups excluding carboxylic acids is 1. The number of sulfonamides is 1. The predicted octanol–water partition coefficient (Wildman–Crippen LogP) is -0.788. The maximum absolute atomic E-state index is 11.9. The number of carbonyl (C=O) groups is 1. The SMILES string of the molecule is CCOC(=O)c1cn[nH]c1S(=O)(=O)NCC(C)N. The Hall–Kier alpha value is -1.45. The van der Waals surface area contributed by atoms with Gasteiger partial charge in [-0.2, -0.15) is 5.10 Å². The maximum Gasteiger partial charge on any atom is 0.342 e. The van der Waals surface area contributed by atoms with E-state index < -0.39 is 16.0 Å². The average molecular weight is 276 g/mol. The van der Waals surface area contributed by atoms with E-state index in [0.29, 0.717) is 0 Å². The molecule has 0 spiro atoms. The number of nitrogens with one attached hydrogen (secondary N) is 2. The molecule has 0 bridgehead atoms. The molecule has 8 nitrogen and oxygen atoms in total. The quantitative estimate of drug-likeness (QED) is 0.584. The highest BCUT2D eigenvalue weighted by Crippen LogP contribution is 2.12. The molecule has 0 aromatic carbocycles. The molecule has 1 heterocycles. The van der Waals surface area contributed by atoms with Gasteiger partial charge in [0.15, 0.2) is 5.03 Å². The molecule has 1 aromatic heterocycles. The Balaban J connectivity index is 2.96. The molecular weight excluding hydrogens is 260 g/mol. The molecule has 0 aliphatic carbocycles. The molecule has 0 amide bonds. The van der Waals surface area contributed by atoms with Crippen LogP contribution in [0.15, 0.2) is 11.2 Å². The lowest BCUT2D eigenvalue weighted by Crippen LogP contribution is -2.35. The number of rotatable bonds is 6. The summed E-state index contributed by atoms with van der Waals surface area (Å²) in [6.45, 7) is 3.49. The van der Waals surface area contributed by atoms with E-state index in [4.69, 9.17) is 10.5 Å². The van der Waals surface area contributed by atoms with Crippen molar-refractivity contribution in [2.45, 2.75) is 24.9 Å². The van der Waals surface area contributed by atoms with Crippen LogP contribution in [0.25, 0.3) is 0 Å². The van der Waals surface area contributed by atoms with Gasteiger partial charge in [-0.05, 0) is 13.8 Å². The van der Waals surface area contributed by atoms with Gasteiger partial charge >= 0.3 is 5.97 Å². The standard InChI is InChI=1S/C9H16N4O4S/c1-3-17-9(14)7-5-11-13-8(7)18(15,16)12-4-6(2)10/h5-6,12H,3-4,10H2,1-2H3,(H,11,13). The molecule has 0 fully saturated rings. The summed E-state index contributed by atoms with van der Waals surface area (Å²) < 4.78 is 30.8. The van der Waals surface area contributed by atoms with Gasteiger partial charge in [0.05, 0.1) is 12.8 Å². The van der Waals surface area contributed by atoms with Gasteiger partial charge in [-0.3, -0.25) is 5.10 Å².